The van der Waals surface area contributed by atoms with Crippen LogP contribution in [0.15, 0.2) is 36.4 Å². The zero-order valence-electron chi connectivity index (χ0n) is 13.1. The minimum atomic E-state index is 0.599. The van der Waals surface area contributed by atoms with Gasteiger partial charge < -0.3 is 15.4 Å². The molecule has 22 heavy (non-hydrogen) atoms. The minimum Gasteiger partial charge on any atom is -0.497 e. The van der Waals surface area contributed by atoms with Crippen LogP contribution in [0.2, 0.25) is 0 Å². The van der Waals surface area contributed by atoms with Gasteiger partial charge in [0.15, 0.2) is 0 Å². The van der Waals surface area contributed by atoms with Crippen molar-refractivity contribution >= 4 is 5.69 Å². The van der Waals surface area contributed by atoms with Gasteiger partial charge in [0.25, 0.3) is 0 Å². The lowest BCUT2D eigenvalue weighted by Crippen LogP contribution is -2.38. The highest BCUT2D eigenvalue weighted by Crippen LogP contribution is 2.41. The van der Waals surface area contributed by atoms with Crippen LogP contribution in [-0.4, -0.2) is 26.2 Å². The number of aryl methyl sites for hydroxylation is 1. The molecule has 2 aliphatic rings. The van der Waals surface area contributed by atoms with Crippen molar-refractivity contribution in [3.63, 3.8) is 0 Å². The zero-order chi connectivity index (χ0) is 15.1. The molecule has 0 bridgehead atoms. The van der Waals surface area contributed by atoms with E-state index < -0.39 is 0 Å². The molecule has 114 valence electrons. The summed E-state index contributed by atoms with van der Waals surface area (Å²) in [5.74, 6) is 1.52. The summed E-state index contributed by atoms with van der Waals surface area (Å²) >= 11 is 0. The molecule has 2 N–H and O–H groups in total. The van der Waals surface area contributed by atoms with E-state index in [1.165, 1.54) is 34.4 Å². The number of piperidine rings is 1. The number of nitrogens with one attached hydrogen (secondary N) is 2. The second-order valence-electron chi connectivity index (χ2n) is 6.33. The lowest BCUT2D eigenvalue weighted by atomic mass is 9.88. The van der Waals surface area contributed by atoms with Crippen molar-refractivity contribution in [1.82, 2.24) is 5.32 Å². The molecule has 0 aliphatic carbocycles. The fraction of sp³-hybridized carbons (Fsp3) is 0.368. The van der Waals surface area contributed by atoms with E-state index in [0.29, 0.717) is 12.0 Å². The van der Waals surface area contributed by atoms with Crippen LogP contribution >= 0.6 is 0 Å². The molecule has 0 amide bonds. The fourth-order valence-electron chi connectivity index (χ4n) is 3.81. The lowest BCUT2D eigenvalue weighted by molar-refractivity contribution is 0.414. The van der Waals surface area contributed by atoms with Crippen LogP contribution in [0.3, 0.4) is 0 Å². The first-order valence-corrected chi connectivity index (χ1v) is 8.02. The predicted molar refractivity (Wildman–Crippen MR) is 90.8 cm³/mol. The minimum absolute atomic E-state index is 0.599. The SMILES string of the molecule is COc1ccc(-c2ccc3c(c2)[C@@H]2CNCC[C@@H]2N3)c(C)c1. The fourth-order valence-corrected chi connectivity index (χ4v) is 3.81. The highest BCUT2D eigenvalue weighted by atomic mass is 16.5. The van der Waals surface area contributed by atoms with Crippen molar-refractivity contribution in [3.8, 4) is 16.9 Å². The molecule has 0 saturated carbocycles. The number of hydrogen-bond donors (Lipinski definition) is 2. The molecule has 2 aromatic carbocycles. The van der Waals surface area contributed by atoms with Gasteiger partial charge in [-0.2, -0.15) is 0 Å². The molecule has 2 aliphatic heterocycles. The van der Waals surface area contributed by atoms with Crippen molar-refractivity contribution in [2.75, 3.05) is 25.5 Å². The number of benzene rings is 2. The molecule has 2 aromatic rings. The summed E-state index contributed by atoms with van der Waals surface area (Å²) in [5.41, 5.74) is 6.62. The third-order valence-corrected chi connectivity index (χ3v) is 5.02. The normalized spacial score (nSPS) is 22.6. The van der Waals surface area contributed by atoms with Crippen molar-refractivity contribution in [2.45, 2.75) is 25.3 Å². The van der Waals surface area contributed by atoms with E-state index in [1.807, 2.05) is 6.07 Å². The molecule has 4 rings (SSSR count). The molecule has 0 aromatic heterocycles. The lowest BCUT2D eigenvalue weighted by Gasteiger charge is -2.26. The molecule has 2 heterocycles. The van der Waals surface area contributed by atoms with Crippen LogP contribution in [0.1, 0.15) is 23.5 Å². The summed E-state index contributed by atoms with van der Waals surface area (Å²) in [7, 11) is 1.71. The highest BCUT2D eigenvalue weighted by molar-refractivity contribution is 5.74. The molecular weight excluding hydrogens is 272 g/mol. The van der Waals surface area contributed by atoms with Gasteiger partial charge in [-0.1, -0.05) is 12.1 Å². The van der Waals surface area contributed by atoms with Gasteiger partial charge in [0.2, 0.25) is 0 Å². The maximum atomic E-state index is 5.31. The highest BCUT2D eigenvalue weighted by Gasteiger charge is 2.33. The summed E-state index contributed by atoms with van der Waals surface area (Å²) in [4.78, 5) is 0. The monoisotopic (exact) mass is 294 g/mol. The first-order chi connectivity index (χ1) is 10.8. The largest absolute Gasteiger partial charge is 0.497 e. The zero-order valence-corrected chi connectivity index (χ0v) is 13.1. The average Bonchev–Trinajstić information content (AvgIpc) is 2.92. The van der Waals surface area contributed by atoms with E-state index in [0.717, 1.165) is 18.8 Å². The molecule has 0 spiro atoms. The van der Waals surface area contributed by atoms with E-state index in [-0.39, 0.29) is 0 Å². The van der Waals surface area contributed by atoms with Crippen molar-refractivity contribution in [1.29, 1.82) is 0 Å². The maximum Gasteiger partial charge on any atom is 0.119 e. The Balaban J connectivity index is 1.73. The molecule has 3 heteroatoms. The van der Waals surface area contributed by atoms with E-state index >= 15 is 0 Å². The Hall–Kier alpha value is -2.00. The predicted octanol–water partition coefficient (Wildman–Crippen LogP) is 3.54. The number of ether oxygens (including phenoxy) is 1. The Kier molecular flexibility index (Phi) is 3.30. The Morgan fingerprint density at radius 2 is 2.05 bits per heavy atom. The van der Waals surface area contributed by atoms with Crippen molar-refractivity contribution in [3.05, 3.63) is 47.5 Å². The Labute approximate surface area is 131 Å². The van der Waals surface area contributed by atoms with Gasteiger partial charge in [0.1, 0.15) is 5.75 Å². The van der Waals surface area contributed by atoms with Gasteiger partial charge >= 0.3 is 0 Å². The van der Waals surface area contributed by atoms with Crippen LogP contribution in [-0.2, 0) is 0 Å². The molecule has 1 fully saturated rings. The van der Waals surface area contributed by atoms with E-state index in [9.17, 15) is 0 Å². The standard InChI is InChI=1S/C19H22N2O/c1-12-9-14(22-2)4-5-15(12)13-3-6-18-16(10-13)17-11-20-8-7-19(17)21-18/h3-6,9-10,17,19-21H,7-8,11H2,1-2H3/t17-,19-/m0/s1. The van der Waals surface area contributed by atoms with Gasteiger partial charge in [-0.05, 0) is 66.4 Å². The van der Waals surface area contributed by atoms with Crippen molar-refractivity contribution in [2.24, 2.45) is 0 Å². The second-order valence-corrected chi connectivity index (χ2v) is 6.33. The third-order valence-electron chi connectivity index (χ3n) is 5.02. The summed E-state index contributed by atoms with van der Waals surface area (Å²) in [5, 5.41) is 7.21. The van der Waals surface area contributed by atoms with E-state index in [2.05, 4.69) is 47.9 Å². The third kappa shape index (κ3) is 2.17. The average molecular weight is 294 g/mol. The quantitative estimate of drug-likeness (QED) is 0.889. The number of rotatable bonds is 2. The molecular formula is C19H22N2O. The Morgan fingerprint density at radius 1 is 1.14 bits per heavy atom. The van der Waals surface area contributed by atoms with Gasteiger partial charge in [-0.15, -0.1) is 0 Å². The Bertz CT molecular complexity index is 711. The first kappa shape index (κ1) is 13.6. The van der Waals surface area contributed by atoms with E-state index in [1.54, 1.807) is 7.11 Å². The van der Waals surface area contributed by atoms with Crippen molar-refractivity contribution < 1.29 is 4.74 Å². The van der Waals surface area contributed by atoms with Crippen LogP contribution in [0.4, 0.5) is 5.69 Å². The van der Waals surface area contributed by atoms with Gasteiger partial charge in [0, 0.05) is 24.2 Å². The summed E-state index contributed by atoms with van der Waals surface area (Å²) < 4.78 is 5.31. The van der Waals surface area contributed by atoms with Crippen LogP contribution in [0, 0.1) is 6.92 Å². The maximum absolute atomic E-state index is 5.31. The van der Waals surface area contributed by atoms with Gasteiger partial charge in [-0.25, -0.2) is 0 Å². The number of fused-ring (bicyclic) bond motifs is 3. The summed E-state index contributed by atoms with van der Waals surface area (Å²) in [6.45, 7) is 4.34. The van der Waals surface area contributed by atoms with Gasteiger partial charge in [-0.3, -0.25) is 0 Å². The van der Waals surface area contributed by atoms with E-state index in [4.69, 9.17) is 4.74 Å². The van der Waals surface area contributed by atoms with Crippen LogP contribution < -0.4 is 15.4 Å². The smallest absolute Gasteiger partial charge is 0.119 e. The Morgan fingerprint density at radius 3 is 2.86 bits per heavy atom. The van der Waals surface area contributed by atoms with Crippen LogP contribution in [0.5, 0.6) is 5.75 Å². The summed E-state index contributed by atoms with van der Waals surface area (Å²) in [6, 6.07) is 13.7. The topological polar surface area (TPSA) is 33.3 Å². The second kappa shape index (κ2) is 5.33. The molecule has 2 atom stereocenters. The molecule has 0 unspecified atom stereocenters. The number of anilines is 1. The molecule has 0 radical (unpaired) electrons. The first-order valence-electron chi connectivity index (χ1n) is 8.02. The number of hydrogen-bond acceptors (Lipinski definition) is 3. The van der Waals surface area contributed by atoms with Gasteiger partial charge in [0.05, 0.1) is 7.11 Å². The molecule has 1 saturated heterocycles. The molecule has 3 nitrogen and oxygen atoms in total. The van der Waals surface area contributed by atoms with Crippen LogP contribution in [0.25, 0.3) is 11.1 Å². The number of methoxy groups -OCH3 is 1. The summed E-state index contributed by atoms with van der Waals surface area (Å²) in [6.07, 6.45) is 1.20.